The number of ether oxygens (including phenoxy) is 1. The molecule has 1 amide bonds. The number of rotatable bonds is 5. The van der Waals surface area contributed by atoms with Gasteiger partial charge in [-0.2, -0.15) is 13.2 Å². The average Bonchev–Trinajstić information content (AvgIpc) is 2.80. The summed E-state index contributed by atoms with van der Waals surface area (Å²) in [5, 5.41) is 11.6. The highest BCUT2D eigenvalue weighted by Crippen LogP contribution is 2.34. The molecule has 0 aliphatic rings. The summed E-state index contributed by atoms with van der Waals surface area (Å²) in [7, 11) is 0. The third-order valence-electron chi connectivity index (χ3n) is 5.02. The summed E-state index contributed by atoms with van der Waals surface area (Å²) in [6.07, 6.45) is -8.89. The number of aromatic nitrogens is 3. The summed E-state index contributed by atoms with van der Waals surface area (Å²) in [5.74, 6) is -2.81. The lowest BCUT2D eigenvalue weighted by atomic mass is 10.1. The van der Waals surface area contributed by atoms with E-state index >= 15 is 0 Å². The predicted molar refractivity (Wildman–Crippen MR) is 117 cm³/mol. The summed E-state index contributed by atoms with van der Waals surface area (Å²) in [4.78, 5) is 33.1. The standard InChI is InChI=1S/C23H14F6N4O4/c24-22(25,26)19-16(34)9-8-15(31-19)20(35)32-14-6-3-5-13-18(14)21(36)33(11-30-13)10-12-4-1-2-7-17(12)37-23(27,28)29/h1-9,11,34H,10H2,(H,32,35). The zero-order valence-corrected chi connectivity index (χ0v) is 18.3. The molecule has 4 aromatic rings. The van der Waals surface area contributed by atoms with Gasteiger partial charge in [-0.15, -0.1) is 13.2 Å². The maximum atomic E-state index is 13.2. The van der Waals surface area contributed by atoms with Gasteiger partial charge in [0.05, 0.1) is 29.5 Å². The Labute approximate surface area is 202 Å². The van der Waals surface area contributed by atoms with Crippen LogP contribution >= 0.6 is 0 Å². The Bertz CT molecular complexity index is 1550. The number of carbonyl (C=O) groups excluding carboxylic acids is 1. The van der Waals surface area contributed by atoms with Crippen molar-refractivity contribution < 1.29 is 41.0 Å². The van der Waals surface area contributed by atoms with E-state index in [9.17, 15) is 41.0 Å². The molecule has 0 aliphatic carbocycles. The molecular weight excluding hydrogens is 510 g/mol. The van der Waals surface area contributed by atoms with Gasteiger partial charge in [0, 0.05) is 5.56 Å². The first-order valence-corrected chi connectivity index (χ1v) is 10.2. The number of anilines is 1. The molecule has 0 bridgehead atoms. The fraction of sp³-hybridized carbons (Fsp3) is 0.130. The smallest absolute Gasteiger partial charge is 0.506 e. The molecule has 2 N–H and O–H groups in total. The summed E-state index contributed by atoms with van der Waals surface area (Å²) in [6, 6.07) is 10.8. The van der Waals surface area contributed by atoms with Crippen LogP contribution in [0, 0.1) is 0 Å². The number of aromatic hydroxyl groups is 1. The fourth-order valence-electron chi connectivity index (χ4n) is 3.43. The molecule has 0 aliphatic heterocycles. The summed E-state index contributed by atoms with van der Waals surface area (Å²) >= 11 is 0. The van der Waals surface area contributed by atoms with Crippen LogP contribution in [0.25, 0.3) is 10.9 Å². The predicted octanol–water partition coefficient (Wildman–Crippen LogP) is 4.72. The normalized spacial score (nSPS) is 11.9. The van der Waals surface area contributed by atoms with Crippen molar-refractivity contribution >= 4 is 22.5 Å². The van der Waals surface area contributed by atoms with Gasteiger partial charge in [0.2, 0.25) is 0 Å². The third kappa shape index (κ3) is 5.63. The van der Waals surface area contributed by atoms with Gasteiger partial charge in [-0.1, -0.05) is 24.3 Å². The highest BCUT2D eigenvalue weighted by Gasteiger charge is 2.36. The van der Waals surface area contributed by atoms with E-state index in [-0.39, 0.29) is 28.7 Å². The number of nitrogens with one attached hydrogen (secondary N) is 1. The van der Waals surface area contributed by atoms with Crippen molar-refractivity contribution in [3.05, 3.63) is 88.2 Å². The highest BCUT2D eigenvalue weighted by molar-refractivity contribution is 6.07. The number of para-hydroxylation sites is 1. The molecule has 2 aromatic heterocycles. The molecule has 8 nitrogen and oxygen atoms in total. The van der Waals surface area contributed by atoms with E-state index in [1.165, 1.54) is 36.4 Å². The second kappa shape index (κ2) is 9.44. The Morgan fingerprint density at radius 3 is 2.43 bits per heavy atom. The monoisotopic (exact) mass is 524 g/mol. The zero-order chi connectivity index (χ0) is 27.0. The van der Waals surface area contributed by atoms with E-state index in [0.29, 0.717) is 6.07 Å². The molecule has 37 heavy (non-hydrogen) atoms. The van der Waals surface area contributed by atoms with E-state index in [4.69, 9.17) is 0 Å². The Morgan fingerprint density at radius 2 is 1.73 bits per heavy atom. The van der Waals surface area contributed by atoms with E-state index in [2.05, 4.69) is 20.0 Å². The maximum absolute atomic E-state index is 13.2. The highest BCUT2D eigenvalue weighted by atomic mass is 19.4. The van der Waals surface area contributed by atoms with E-state index in [0.717, 1.165) is 23.0 Å². The van der Waals surface area contributed by atoms with Crippen LogP contribution < -0.4 is 15.6 Å². The topological polar surface area (TPSA) is 106 Å². The van der Waals surface area contributed by atoms with Gasteiger partial charge >= 0.3 is 12.5 Å². The minimum absolute atomic E-state index is 0.0116. The average molecular weight is 524 g/mol. The minimum atomic E-state index is -5.02. The number of carbonyl (C=O) groups is 1. The van der Waals surface area contributed by atoms with Gasteiger partial charge in [0.1, 0.15) is 17.2 Å². The molecule has 0 unspecified atom stereocenters. The number of pyridine rings is 1. The molecule has 0 saturated heterocycles. The lowest BCUT2D eigenvalue weighted by Gasteiger charge is -2.15. The second-order valence-corrected chi connectivity index (χ2v) is 7.55. The number of benzene rings is 2. The van der Waals surface area contributed by atoms with Crippen LogP contribution in [-0.4, -0.2) is 31.9 Å². The molecule has 0 spiro atoms. The zero-order valence-electron chi connectivity index (χ0n) is 18.3. The lowest BCUT2D eigenvalue weighted by Crippen LogP contribution is -2.24. The number of hydrogen-bond acceptors (Lipinski definition) is 6. The maximum Gasteiger partial charge on any atom is 0.573 e. The largest absolute Gasteiger partial charge is 0.573 e. The Morgan fingerprint density at radius 1 is 1.00 bits per heavy atom. The van der Waals surface area contributed by atoms with Gasteiger partial charge in [0.15, 0.2) is 5.69 Å². The number of halogens is 6. The molecule has 14 heteroatoms. The van der Waals surface area contributed by atoms with E-state index in [1.807, 2.05) is 0 Å². The van der Waals surface area contributed by atoms with Crippen LogP contribution in [0.5, 0.6) is 11.5 Å². The van der Waals surface area contributed by atoms with E-state index in [1.54, 1.807) is 0 Å². The quantitative estimate of drug-likeness (QED) is 0.366. The van der Waals surface area contributed by atoms with Crippen LogP contribution in [0.1, 0.15) is 21.7 Å². The van der Waals surface area contributed by atoms with Crippen molar-refractivity contribution in [3.63, 3.8) is 0 Å². The van der Waals surface area contributed by atoms with Crippen LogP contribution in [0.2, 0.25) is 0 Å². The van der Waals surface area contributed by atoms with Crippen molar-refractivity contribution in [3.8, 4) is 11.5 Å². The van der Waals surface area contributed by atoms with Crippen molar-refractivity contribution in [2.75, 3.05) is 5.32 Å². The molecule has 192 valence electrons. The van der Waals surface area contributed by atoms with Crippen LogP contribution in [0.4, 0.5) is 32.0 Å². The van der Waals surface area contributed by atoms with Gasteiger partial charge in [-0.05, 0) is 30.3 Å². The van der Waals surface area contributed by atoms with E-state index < -0.39 is 46.9 Å². The van der Waals surface area contributed by atoms with Crippen molar-refractivity contribution in [1.82, 2.24) is 14.5 Å². The first kappa shape index (κ1) is 25.5. The van der Waals surface area contributed by atoms with Crippen LogP contribution in [0.3, 0.4) is 0 Å². The molecular formula is C23H14F6N4O4. The second-order valence-electron chi connectivity index (χ2n) is 7.55. The third-order valence-corrected chi connectivity index (χ3v) is 5.02. The summed E-state index contributed by atoms with van der Waals surface area (Å²) in [5.41, 5.74) is -3.12. The number of nitrogens with zero attached hydrogens (tertiary/aromatic N) is 3. The number of amides is 1. The molecule has 4 rings (SSSR count). The van der Waals surface area contributed by atoms with Crippen molar-refractivity contribution in [2.45, 2.75) is 19.1 Å². The lowest BCUT2D eigenvalue weighted by molar-refractivity contribution is -0.274. The van der Waals surface area contributed by atoms with Gasteiger partial charge in [0.25, 0.3) is 11.5 Å². The fourth-order valence-corrected chi connectivity index (χ4v) is 3.43. The molecule has 0 radical (unpaired) electrons. The van der Waals surface area contributed by atoms with Gasteiger partial charge in [-0.25, -0.2) is 9.97 Å². The molecule has 2 aromatic carbocycles. The summed E-state index contributed by atoms with van der Waals surface area (Å²) < 4.78 is 82.4. The van der Waals surface area contributed by atoms with Crippen molar-refractivity contribution in [2.24, 2.45) is 0 Å². The van der Waals surface area contributed by atoms with Crippen LogP contribution in [0.15, 0.2) is 65.7 Å². The molecule has 0 fully saturated rings. The molecule has 0 atom stereocenters. The van der Waals surface area contributed by atoms with Gasteiger partial charge < -0.3 is 15.2 Å². The summed E-state index contributed by atoms with van der Waals surface area (Å²) in [6.45, 7) is -0.370. The first-order valence-electron chi connectivity index (χ1n) is 10.2. The van der Waals surface area contributed by atoms with Crippen molar-refractivity contribution in [1.29, 1.82) is 0 Å². The Balaban J connectivity index is 1.70. The number of hydrogen-bond donors (Lipinski definition) is 2. The van der Waals surface area contributed by atoms with Gasteiger partial charge in [-0.3, -0.25) is 14.2 Å². The Hall–Kier alpha value is -4.62. The number of fused-ring (bicyclic) bond motifs is 1. The minimum Gasteiger partial charge on any atom is -0.506 e. The van der Waals surface area contributed by atoms with Crippen LogP contribution in [-0.2, 0) is 12.7 Å². The molecule has 0 saturated carbocycles. The SMILES string of the molecule is O=C(Nc1cccc2ncn(Cc3ccccc3OC(F)(F)F)c(=O)c12)c1ccc(O)c(C(F)(F)F)n1. The Kier molecular flexibility index (Phi) is 6.50. The first-order chi connectivity index (χ1) is 17.3. The molecule has 2 heterocycles. The number of alkyl halides is 6.